The summed E-state index contributed by atoms with van der Waals surface area (Å²) in [4.78, 5) is 14.2. The van der Waals surface area contributed by atoms with E-state index in [-0.39, 0.29) is 17.8 Å². The smallest absolute Gasteiger partial charge is 0.269 e. The highest BCUT2D eigenvalue weighted by Crippen LogP contribution is 2.39. The summed E-state index contributed by atoms with van der Waals surface area (Å²) in [5.41, 5.74) is -1.26. The number of rotatable bonds is 7. The van der Waals surface area contributed by atoms with Crippen molar-refractivity contribution in [3.8, 4) is 5.69 Å². The molecule has 0 saturated heterocycles. The minimum Gasteiger partial charge on any atom is -0.382 e. The molecule has 0 bridgehead atoms. The molecule has 32 heavy (non-hydrogen) atoms. The van der Waals surface area contributed by atoms with Crippen molar-refractivity contribution >= 4 is 5.69 Å². The lowest BCUT2D eigenvalue weighted by Gasteiger charge is -2.33. The van der Waals surface area contributed by atoms with E-state index in [4.69, 9.17) is 0 Å². The Morgan fingerprint density at radius 3 is 2.59 bits per heavy atom. The predicted molar refractivity (Wildman–Crippen MR) is 107 cm³/mol. The summed E-state index contributed by atoms with van der Waals surface area (Å²) in [6.07, 6.45) is 4.17. The maximum Gasteiger partial charge on any atom is 0.269 e. The highest BCUT2D eigenvalue weighted by Gasteiger charge is 2.41. The van der Waals surface area contributed by atoms with Gasteiger partial charge in [0.25, 0.3) is 5.69 Å². The highest BCUT2D eigenvalue weighted by molar-refractivity contribution is 5.40. The summed E-state index contributed by atoms with van der Waals surface area (Å²) in [7, 11) is 0. The molecule has 10 nitrogen and oxygen atoms in total. The lowest BCUT2D eigenvalue weighted by Crippen LogP contribution is -2.38. The summed E-state index contributed by atoms with van der Waals surface area (Å²) in [5, 5.41) is 34.6. The van der Waals surface area contributed by atoms with Gasteiger partial charge in [0.05, 0.1) is 29.0 Å². The van der Waals surface area contributed by atoms with Crippen LogP contribution >= 0.6 is 0 Å². The number of benzene rings is 2. The summed E-state index contributed by atoms with van der Waals surface area (Å²) in [5.74, 6) is -2.49. The van der Waals surface area contributed by atoms with Gasteiger partial charge < -0.3 is 5.11 Å². The van der Waals surface area contributed by atoms with Crippen molar-refractivity contribution in [1.29, 1.82) is 0 Å². The Kier molecular flexibility index (Phi) is 5.45. The first-order chi connectivity index (χ1) is 15.3. The fourth-order valence-electron chi connectivity index (χ4n) is 3.43. The van der Waals surface area contributed by atoms with E-state index >= 15 is 0 Å². The predicted octanol–water partition coefficient (Wildman–Crippen LogP) is 2.74. The highest BCUT2D eigenvalue weighted by atomic mass is 19.1. The molecule has 1 N–H and O–H groups in total. The zero-order chi connectivity index (χ0) is 22.9. The second-order valence-electron chi connectivity index (χ2n) is 7.22. The summed E-state index contributed by atoms with van der Waals surface area (Å²) in [6, 6.07) is 8.60. The number of halogens is 2. The monoisotopic (exact) mass is 441 g/mol. The van der Waals surface area contributed by atoms with E-state index in [1.165, 1.54) is 58.5 Å². The van der Waals surface area contributed by atoms with Crippen LogP contribution in [0.4, 0.5) is 14.5 Å². The van der Waals surface area contributed by atoms with Crippen molar-refractivity contribution < 1.29 is 18.8 Å². The van der Waals surface area contributed by atoms with Crippen molar-refractivity contribution in [1.82, 2.24) is 29.8 Å². The molecule has 0 aliphatic rings. The van der Waals surface area contributed by atoms with Crippen LogP contribution in [0.3, 0.4) is 0 Å². The fraction of sp³-hybridized carbons (Fsp3) is 0.200. The maximum absolute atomic E-state index is 14.7. The molecule has 0 aliphatic carbocycles. The molecule has 0 amide bonds. The minimum atomic E-state index is -1.87. The van der Waals surface area contributed by atoms with E-state index in [1.807, 2.05) is 0 Å². The normalized spacial score (nSPS) is 14.1. The summed E-state index contributed by atoms with van der Waals surface area (Å²) >= 11 is 0. The largest absolute Gasteiger partial charge is 0.382 e. The molecule has 0 radical (unpaired) electrons. The van der Waals surface area contributed by atoms with Crippen LogP contribution < -0.4 is 0 Å². The molecule has 0 spiro atoms. The van der Waals surface area contributed by atoms with Crippen molar-refractivity contribution in [3.63, 3.8) is 0 Å². The van der Waals surface area contributed by atoms with Gasteiger partial charge in [0.1, 0.15) is 29.9 Å². The van der Waals surface area contributed by atoms with Crippen molar-refractivity contribution in [2.75, 3.05) is 0 Å². The van der Waals surface area contributed by atoms with E-state index < -0.39 is 28.1 Å². The molecule has 0 saturated carbocycles. The number of aliphatic hydroxyl groups is 1. The SMILES string of the molecule is CC(c1cn(-c2ccc([N+](=O)[O-])cc2)nn1)C(O)(Cn1cncn1)c1ccc(F)cc1F. The van der Waals surface area contributed by atoms with Gasteiger partial charge in [0.2, 0.25) is 0 Å². The van der Waals surface area contributed by atoms with Gasteiger partial charge in [0.15, 0.2) is 0 Å². The maximum atomic E-state index is 14.7. The van der Waals surface area contributed by atoms with Crippen LogP contribution in [0.5, 0.6) is 0 Å². The summed E-state index contributed by atoms with van der Waals surface area (Å²) < 4.78 is 30.9. The number of nitro benzene ring substituents is 1. The van der Waals surface area contributed by atoms with Crippen LogP contribution in [0.25, 0.3) is 5.69 Å². The Labute approximate surface area is 179 Å². The average molecular weight is 441 g/mol. The van der Waals surface area contributed by atoms with Crippen LogP contribution in [0.1, 0.15) is 24.1 Å². The number of nitro groups is 1. The number of hydrogen-bond donors (Lipinski definition) is 1. The topological polar surface area (TPSA) is 125 Å². The molecule has 4 rings (SSSR count). The first-order valence-corrected chi connectivity index (χ1v) is 9.45. The second-order valence-corrected chi connectivity index (χ2v) is 7.22. The molecular formula is C20H17F2N7O3. The van der Waals surface area contributed by atoms with Crippen LogP contribution in [-0.2, 0) is 12.1 Å². The number of non-ortho nitro benzene ring substituents is 1. The van der Waals surface area contributed by atoms with Gasteiger partial charge in [-0.05, 0) is 18.2 Å². The average Bonchev–Trinajstić information content (AvgIpc) is 3.45. The molecule has 0 fully saturated rings. The van der Waals surface area contributed by atoms with Crippen LogP contribution in [0.15, 0.2) is 61.3 Å². The Morgan fingerprint density at radius 2 is 1.97 bits per heavy atom. The first-order valence-electron chi connectivity index (χ1n) is 9.45. The fourth-order valence-corrected chi connectivity index (χ4v) is 3.43. The van der Waals surface area contributed by atoms with Gasteiger partial charge in [0, 0.05) is 29.7 Å². The van der Waals surface area contributed by atoms with Crippen molar-refractivity contribution in [3.05, 3.63) is 94.3 Å². The molecule has 4 aromatic rings. The third-order valence-corrected chi connectivity index (χ3v) is 5.26. The van der Waals surface area contributed by atoms with Gasteiger partial charge in [-0.3, -0.25) is 10.1 Å². The van der Waals surface area contributed by atoms with Crippen LogP contribution in [-0.4, -0.2) is 39.8 Å². The standard InChI is InChI=1S/C20H17F2N7O3/c1-13(19-9-28(26-25-19)15-3-5-16(6-4-15)29(31)32)20(30,10-27-12-23-11-24-27)17-7-2-14(21)8-18(17)22/h2-9,11-13,30H,10H2,1H3. The van der Waals surface area contributed by atoms with Gasteiger partial charge >= 0.3 is 0 Å². The minimum absolute atomic E-state index is 0.0727. The summed E-state index contributed by atoms with van der Waals surface area (Å²) in [6.45, 7) is 1.45. The third kappa shape index (κ3) is 3.95. The van der Waals surface area contributed by atoms with Crippen molar-refractivity contribution in [2.24, 2.45) is 0 Å². The lowest BCUT2D eigenvalue weighted by atomic mass is 9.80. The molecule has 2 atom stereocenters. The van der Waals surface area contributed by atoms with Crippen molar-refractivity contribution in [2.45, 2.75) is 25.0 Å². The van der Waals surface area contributed by atoms with E-state index in [1.54, 1.807) is 6.92 Å². The lowest BCUT2D eigenvalue weighted by molar-refractivity contribution is -0.384. The second kappa shape index (κ2) is 8.23. The van der Waals surface area contributed by atoms with Gasteiger partial charge in [-0.25, -0.2) is 23.1 Å². The van der Waals surface area contributed by atoms with Crippen LogP contribution in [0.2, 0.25) is 0 Å². The van der Waals surface area contributed by atoms with Gasteiger partial charge in [-0.1, -0.05) is 18.2 Å². The Balaban J connectivity index is 1.71. The van der Waals surface area contributed by atoms with Crippen LogP contribution in [0, 0.1) is 21.7 Å². The first kappa shape index (κ1) is 21.2. The molecule has 2 unspecified atom stereocenters. The van der Waals surface area contributed by atoms with E-state index in [2.05, 4.69) is 20.4 Å². The molecule has 2 aromatic carbocycles. The van der Waals surface area contributed by atoms with E-state index in [0.717, 1.165) is 6.07 Å². The van der Waals surface area contributed by atoms with E-state index in [0.29, 0.717) is 17.4 Å². The molecule has 0 aliphatic heterocycles. The Hall–Kier alpha value is -4.06. The Morgan fingerprint density at radius 1 is 1.22 bits per heavy atom. The third-order valence-electron chi connectivity index (χ3n) is 5.26. The Bertz CT molecular complexity index is 1240. The van der Waals surface area contributed by atoms with Gasteiger partial charge in [-0.15, -0.1) is 5.10 Å². The van der Waals surface area contributed by atoms with E-state index in [9.17, 15) is 24.0 Å². The molecule has 2 aromatic heterocycles. The number of aromatic nitrogens is 6. The molecule has 2 heterocycles. The quantitative estimate of drug-likeness (QED) is 0.345. The molecular weight excluding hydrogens is 424 g/mol. The zero-order valence-electron chi connectivity index (χ0n) is 16.7. The number of nitrogens with zero attached hydrogens (tertiary/aromatic N) is 7. The van der Waals surface area contributed by atoms with Gasteiger partial charge in [-0.2, -0.15) is 5.10 Å². The number of hydrogen-bond acceptors (Lipinski definition) is 7. The zero-order valence-corrected chi connectivity index (χ0v) is 16.7. The molecule has 164 valence electrons. The molecule has 12 heteroatoms.